The molecular weight excluding hydrogens is 392 g/mol. The van der Waals surface area contributed by atoms with Crippen molar-refractivity contribution < 1.29 is 0 Å². The van der Waals surface area contributed by atoms with Gasteiger partial charge in [-0.2, -0.15) is 20.5 Å². The summed E-state index contributed by atoms with van der Waals surface area (Å²) in [5.74, 6) is 0. The lowest BCUT2D eigenvalue weighted by Gasteiger charge is -2.08. The number of nitrogens with zero attached hydrogens (tertiary/aromatic N) is 4. The van der Waals surface area contributed by atoms with Gasteiger partial charge in [0.05, 0.1) is 10.7 Å². The van der Waals surface area contributed by atoms with E-state index in [4.69, 9.17) is 0 Å². The predicted octanol–water partition coefficient (Wildman–Crippen LogP) is 5.61. The third-order valence-corrected chi connectivity index (χ3v) is 6.13. The molecule has 0 aliphatic heterocycles. The molecule has 146 valence electrons. The van der Waals surface area contributed by atoms with Crippen LogP contribution in [0.1, 0.15) is 0 Å². The second-order valence-corrected chi connectivity index (χ2v) is 7.67. The molecule has 0 saturated heterocycles. The number of rotatable bonds is 1. The highest BCUT2D eigenvalue weighted by atomic mass is 14.7. The number of hydrogen-bond donors (Lipinski definition) is 0. The quantitative estimate of drug-likeness (QED) is 0.333. The zero-order valence-electron chi connectivity index (χ0n) is 16.9. The fourth-order valence-corrected chi connectivity index (χ4v) is 4.95. The first-order valence-electron chi connectivity index (χ1n) is 10.2. The van der Waals surface area contributed by atoms with Gasteiger partial charge in [0, 0.05) is 32.5 Å². The molecule has 0 unspecified atom stereocenters. The number of hydrogen-bond acceptors (Lipinski definition) is 4. The van der Waals surface area contributed by atoms with Crippen LogP contribution in [0.15, 0.2) is 94.9 Å². The molecular formula is C28H14N4. The molecule has 6 aromatic rings. The maximum atomic E-state index is 9.51. The minimum absolute atomic E-state index is 0.682. The average Bonchev–Trinajstić information content (AvgIpc) is 3.32. The SMILES string of the molecule is N#CN=c1c2ccccc2c2c(-c3ccccc3)c3c(=NC#N)c4ccccc4c3cc12. The van der Waals surface area contributed by atoms with E-state index < -0.39 is 0 Å². The molecule has 6 rings (SSSR count). The summed E-state index contributed by atoms with van der Waals surface area (Å²) in [6.45, 7) is 0. The molecule has 0 spiro atoms. The summed E-state index contributed by atoms with van der Waals surface area (Å²) >= 11 is 0. The molecule has 0 heterocycles. The summed E-state index contributed by atoms with van der Waals surface area (Å²) in [4.78, 5) is 8.49. The Balaban J connectivity index is 2.06. The second kappa shape index (κ2) is 6.87. The van der Waals surface area contributed by atoms with E-state index in [1.165, 1.54) is 0 Å². The van der Waals surface area contributed by atoms with E-state index in [-0.39, 0.29) is 0 Å². The fourth-order valence-electron chi connectivity index (χ4n) is 4.95. The average molecular weight is 406 g/mol. The number of fused-ring (bicyclic) bond motifs is 6. The topological polar surface area (TPSA) is 72.3 Å². The Labute approximate surface area is 182 Å². The maximum Gasteiger partial charge on any atom is 0.206 e. The van der Waals surface area contributed by atoms with Gasteiger partial charge in [0.15, 0.2) is 0 Å². The predicted molar refractivity (Wildman–Crippen MR) is 127 cm³/mol. The van der Waals surface area contributed by atoms with Gasteiger partial charge in [-0.15, -0.1) is 0 Å². The molecule has 6 aromatic carbocycles. The summed E-state index contributed by atoms with van der Waals surface area (Å²) in [6, 6.07) is 28.3. The monoisotopic (exact) mass is 406 g/mol. The Morgan fingerprint density at radius 2 is 1.06 bits per heavy atom. The first-order chi connectivity index (χ1) is 15.8. The molecule has 0 aliphatic carbocycles. The molecule has 0 bridgehead atoms. The van der Waals surface area contributed by atoms with Crippen LogP contribution in [-0.2, 0) is 0 Å². The van der Waals surface area contributed by atoms with Crippen LogP contribution in [0.25, 0.3) is 54.2 Å². The van der Waals surface area contributed by atoms with E-state index in [9.17, 15) is 10.5 Å². The van der Waals surface area contributed by atoms with Gasteiger partial charge < -0.3 is 0 Å². The van der Waals surface area contributed by atoms with Gasteiger partial charge in [0.25, 0.3) is 0 Å². The Morgan fingerprint density at radius 3 is 1.75 bits per heavy atom. The fraction of sp³-hybridized carbons (Fsp3) is 0. The van der Waals surface area contributed by atoms with E-state index >= 15 is 0 Å². The van der Waals surface area contributed by atoms with Crippen LogP contribution < -0.4 is 10.7 Å². The van der Waals surface area contributed by atoms with E-state index in [0.29, 0.717) is 10.7 Å². The van der Waals surface area contributed by atoms with Crippen molar-refractivity contribution in [2.24, 2.45) is 9.98 Å². The van der Waals surface area contributed by atoms with Crippen LogP contribution in [0.4, 0.5) is 0 Å². The first-order valence-corrected chi connectivity index (χ1v) is 10.2. The van der Waals surface area contributed by atoms with Crippen LogP contribution >= 0.6 is 0 Å². The highest BCUT2D eigenvalue weighted by Gasteiger charge is 2.21. The third kappa shape index (κ3) is 2.35. The summed E-state index contributed by atoms with van der Waals surface area (Å²) in [6.07, 6.45) is 4.00. The number of benzene rings is 4. The zero-order chi connectivity index (χ0) is 21.7. The van der Waals surface area contributed by atoms with Gasteiger partial charge in [-0.05, 0) is 27.8 Å². The molecule has 32 heavy (non-hydrogen) atoms. The Kier molecular flexibility index (Phi) is 3.87. The van der Waals surface area contributed by atoms with Crippen LogP contribution in [-0.4, -0.2) is 0 Å². The second-order valence-electron chi connectivity index (χ2n) is 7.67. The molecule has 4 heteroatoms. The lowest BCUT2D eigenvalue weighted by atomic mass is 9.94. The van der Waals surface area contributed by atoms with Crippen LogP contribution in [0.3, 0.4) is 0 Å². The summed E-state index contributed by atoms with van der Waals surface area (Å²) in [7, 11) is 0. The van der Waals surface area contributed by atoms with Crippen molar-refractivity contribution in [2.45, 2.75) is 0 Å². The molecule has 0 aliphatic rings. The zero-order valence-corrected chi connectivity index (χ0v) is 16.9. The van der Waals surface area contributed by atoms with Crippen molar-refractivity contribution >= 4 is 43.1 Å². The third-order valence-electron chi connectivity index (χ3n) is 6.13. The van der Waals surface area contributed by atoms with E-state index in [1.807, 2.05) is 67.0 Å². The van der Waals surface area contributed by atoms with Gasteiger partial charge >= 0.3 is 0 Å². The Bertz CT molecular complexity index is 1880. The van der Waals surface area contributed by atoms with E-state index in [0.717, 1.165) is 54.2 Å². The standard InChI is InChI=1S/C28H14N4/c29-15-31-27-21-13-7-5-11-19(21)25-23(27)14-22-18-10-4-6-12-20(18)28(32-16-30)26(22)24(25)17-8-2-1-3-9-17/h1-14H. The molecule has 0 fully saturated rings. The Morgan fingerprint density at radius 1 is 0.500 bits per heavy atom. The van der Waals surface area contributed by atoms with Crippen molar-refractivity contribution in [1.29, 1.82) is 10.5 Å². The summed E-state index contributed by atoms with van der Waals surface area (Å²) in [5, 5.41) is 28.2. The minimum atomic E-state index is 0.682. The van der Waals surface area contributed by atoms with Crippen molar-refractivity contribution in [1.82, 2.24) is 0 Å². The highest BCUT2D eigenvalue weighted by Crippen LogP contribution is 2.41. The Hall–Kier alpha value is -4.80. The highest BCUT2D eigenvalue weighted by molar-refractivity contribution is 6.28. The molecule has 0 atom stereocenters. The summed E-state index contributed by atoms with van der Waals surface area (Å²) in [5.41, 5.74) is 2.05. The van der Waals surface area contributed by atoms with E-state index in [2.05, 4.69) is 40.3 Å². The lowest BCUT2D eigenvalue weighted by Crippen LogP contribution is -2.01. The minimum Gasteiger partial charge on any atom is -0.172 e. The smallest absolute Gasteiger partial charge is 0.172 e. The summed E-state index contributed by atoms with van der Waals surface area (Å²) < 4.78 is 0. The van der Waals surface area contributed by atoms with Gasteiger partial charge in [-0.25, -0.2) is 0 Å². The van der Waals surface area contributed by atoms with Crippen molar-refractivity contribution in [3.63, 3.8) is 0 Å². The maximum absolute atomic E-state index is 9.51. The van der Waals surface area contributed by atoms with Gasteiger partial charge in [-0.1, -0.05) is 78.9 Å². The van der Waals surface area contributed by atoms with Gasteiger partial charge in [0.1, 0.15) is 0 Å². The molecule has 0 radical (unpaired) electrons. The van der Waals surface area contributed by atoms with Crippen LogP contribution in [0, 0.1) is 22.9 Å². The van der Waals surface area contributed by atoms with Gasteiger partial charge in [-0.3, -0.25) is 0 Å². The van der Waals surface area contributed by atoms with Crippen LogP contribution in [0.2, 0.25) is 0 Å². The molecule has 4 nitrogen and oxygen atoms in total. The largest absolute Gasteiger partial charge is 0.206 e. The van der Waals surface area contributed by atoms with E-state index in [1.54, 1.807) is 0 Å². The first kappa shape index (κ1) is 18.0. The van der Waals surface area contributed by atoms with Crippen LogP contribution in [0.5, 0.6) is 0 Å². The molecule has 0 aromatic heterocycles. The lowest BCUT2D eigenvalue weighted by molar-refractivity contribution is 1.37. The molecule has 0 N–H and O–H groups in total. The van der Waals surface area contributed by atoms with Crippen molar-refractivity contribution in [3.05, 3.63) is 95.6 Å². The molecule has 0 amide bonds. The normalized spacial score (nSPS) is 12.7. The molecule has 0 saturated carbocycles. The van der Waals surface area contributed by atoms with Crippen molar-refractivity contribution in [3.8, 4) is 23.5 Å². The van der Waals surface area contributed by atoms with Gasteiger partial charge in [0.2, 0.25) is 12.4 Å². The number of nitriles is 2. The van der Waals surface area contributed by atoms with Crippen molar-refractivity contribution in [2.75, 3.05) is 0 Å².